The molecule has 2 N–H and O–H groups in total. The van der Waals surface area contributed by atoms with Gasteiger partial charge in [-0.2, -0.15) is 0 Å². The molecule has 41 heavy (non-hydrogen) atoms. The maximum atomic E-state index is 14.0. The Labute approximate surface area is 247 Å². The van der Waals surface area contributed by atoms with Gasteiger partial charge in [-0.05, 0) is 62.3 Å². The summed E-state index contributed by atoms with van der Waals surface area (Å²) in [5.74, 6) is -0.734. The van der Waals surface area contributed by atoms with Crippen molar-refractivity contribution in [1.82, 2.24) is 0 Å². The third-order valence-corrected chi connectivity index (χ3v) is 11.0. The zero-order valence-electron chi connectivity index (χ0n) is 24.0. The van der Waals surface area contributed by atoms with Crippen molar-refractivity contribution in [2.75, 3.05) is 28.8 Å². The van der Waals surface area contributed by atoms with Gasteiger partial charge in [-0.15, -0.1) is 11.8 Å². The molecule has 2 aliphatic rings. The summed E-state index contributed by atoms with van der Waals surface area (Å²) >= 11 is 1.40. The van der Waals surface area contributed by atoms with Gasteiger partial charge < -0.3 is 20.1 Å². The van der Waals surface area contributed by atoms with Crippen LogP contribution >= 0.6 is 11.8 Å². The topological polar surface area (TPSA) is 113 Å². The first kappa shape index (κ1) is 31.0. The van der Waals surface area contributed by atoms with Gasteiger partial charge in [-0.25, -0.2) is 13.2 Å². The average Bonchev–Trinajstić information content (AvgIpc) is 3.47. The predicted molar refractivity (Wildman–Crippen MR) is 164 cm³/mol. The number of anilines is 3. The van der Waals surface area contributed by atoms with Crippen LogP contribution in [0.25, 0.3) is 0 Å². The first-order valence-electron chi connectivity index (χ1n) is 14.3. The highest BCUT2D eigenvalue weighted by atomic mass is 32.2. The molecule has 1 unspecified atom stereocenters. The minimum atomic E-state index is -3.72. The number of aliphatic carboxylic acids is 1. The Morgan fingerprint density at radius 3 is 2.49 bits per heavy atom. The Hall–Kier alpha value is -2.98. The summed E-state index contributed by atoms with van der Waals surface area (Å²) < 4.78 is 33.6. The van der Waals surface area contributed by atoms with E-state index in [1.54, 1.807) is 0 Å². The normalized spacial score (nSPS) is 20.5. The number of carbonyl (C=O) groups is 2. The Balaban J connectivity index is 1.78. The van der Waals surface area contributed by atoms with Crippen molar-refractivity contribution in [1.29, 1.82) is 0 Å². The number of carboxylic acid groups (broad SMARTS) is 1. The quantitative estimate of drug-likeness (QED) is 0.161. The molecule has 0 saturated heterocycles. The van der Waals surface area contributed by atoms with Gasteiger partial charge in [0.25, 0.3) is 0 Å². The van der Waals surface area contributed by atoms with E-state index in [1.807, 2.05) is 36.6 Å². The van der Waals surface area contributed by atoms with E-state index in [-0.39, 0.29) is 22.5 Å². The number of sulfone groups is 1. The van der Waals surface area contributed by atoms with Crippen LogP contribution in [0.3, 0.4) is 0 Å². The maximum Gasteiger partial charge on any atom is 0.331 e. The number of benzene rings is 2. The number of rotatable bonds is 11. The fourth-order valence-corrected chi connectivity index (χ4v) is 8.55. The van der Waals surface area contributed by atoms with Gasteiger partial charge in [0.05, 0.1) is 33.6 Å². The lowest BCUT2D eigenvalue weighted by molar-refractivity contribution is -0.131. The molecular weight excluding hydrogens is 560 g/mol. The Morgan fingerprint density at radius 1 is 1.17 bits per heavy atom. The zero-order chi connectivity index (χ0) is 29.6. The molecule has 2 aromatic rings. The zero-order valence-corrected chi connectivity index (χ0v) is 25.7. The minimum absolute atomic E-state index is 0.0124. The third-order valence-electron chi connectivity index (χ3n) is 8.25. The molecule has 0 spiro atoms. The lowest BCUT2D eigenvalue weighted by atomic mass is 9.81. The highest BCUT2D eigenvalue weighted by molar-refractivity contribution is 7.98. The van der Waals surface area contributed by atoms with Crippen LogP contribution in [0.4, 0.5) is 17.1 Å². The van der Waals surface area contributed by atoms with Crippen molar-refractivity contribution in [2.45, 2.75) is 75.0 Å². The molecule has 0 radical (unpaired) electrons. The first-order chi connectivity index (χ1) is 19.6. The molecule has 0 aromatic heterocycles. The van der Waals surface area contributed by atoms with Gasteiger partial charge in [0, 0.05) is 35.3 Å². The summed E-state index contributed by atoms with van der Waals surface area (Å²) in [6.45, 7) is 4.69. The summed E-state index contributed by atoms with van der Waals surface area (Å²) in [7, 11) is -3.72. The number of fused-ring (bicyclic) bond motifs is 1. The van der Waals surface area contributed by atoms with Gasteiger partial charge >= 0.3 is 5.97 Å². The second kappa shape index (κ2) is 13.3. The van der Waals surface area contributed by atoms with Crippen LogP contribution in [-0.4, -0.2) is 44.0 Å². The van der Waals surface area contributed by atoms with Crippen molar-refractivity contribution >= 4 is 50.5 Å². The molecule has 8 nitrogen and oxygen atoms in total. The van der Waals surface area contributed by atoms with Crippen LogP contribution in [0.15, 0.2) is 58.5 Å². The molecule has 1 amide bonds. The van der Waals surface area contributed by atoms with E-state index in [0.29, 0.717) is 29.3 Å². The van der Waals surface area contributed by atoms with Gasteiger partial charge in [0.1, 0.15) is 5.75 Å². The average molecular weight is 601 g/mol. The van der Waals surface area contributed by atoms with E-state index in [0.717, 1.165) is 68.7 Å². The third kappa shape index (κ3) is 7.27. The number of ether oxygens (including phenoxy) is 1. The molecule has 1 atom stereocenters. The minimum Gasteiger partial charge on any atom is -0.478 e. The molecule has 10 heteroatoms. The van der Waals surface area contributed by atoms with Crippen LogP contribution < -0.4 is 15.0 Å². The second-order valence-electron chi connectivity index (χ2n) is 11.0. The first-order valence-corrected chi connectivity index (χ1v) is 17.2. The van der Waals surface area contributed by atoms with E-state index in [9.17, 15) is 18.0 Å². The number of nitrogens with zero attached hydrogens (tertiary/aromatic N) is 1. The number of hydrogen-bond acceptors (Lipinski definition) is 7. The van der Waals surface area contributed by atoms with Crippen molar-refractivity contribution in [2.24, 2.45) is 11.3 Å². The van der Waals surface area contributed by atoms with E-state index in [4.69, 9.17) is 9.84 Å². The number of carbonyl (C=O) groups excluding carboxylic acids is 1. The second-order valence-corrected chi connectivity index (χ2v) is 13.9. The number of nitrogens with one attached hydrogen (secondary N) is 1. The van der Waals surface area contributed by atoms with Crippen molar-refractivity contribution < 1.29 is 27.9 Å². The molecule has 0 bridgehead atoms. The van der Waals surface area contributed by atoms with Gasteiger partial charge in [-0.1, -0.05) is 39.5 Å². The number of amides is 1. The molecule has 1 saturated carbocycles. The SMILES string of the molecule is CCCCC1(CC)CN(c2ccc(NC(=O)C3CCCC3)cc2)c2cc(SC)c(OC=CC(=O)O)cc2S(=O)(=O)C1. The van der Waals surface area contributed by atoms with Crippen LogP contribution in [0.1, 0.15) is 65.2 Å². The van der Waals surface area contributed by atoms with Crippen LogP contribution in [-0.2, 0) is 19.4 Å². The molecule has 1 aliphatic heterocycles. The molecule has 1 fully saturated rings. The molecule has 222 valence electrons. The number of unbranched alkanes of at least 4 members (excludes halogenated alkanes) is 1. The molecule has 4 rings (SSSR count). The van der Waals surface area contributed by atoms with Crippen LogP contribution in [0.2, 0.25) is 0 Å². The standard InChI is InChI=1S/C31H40N2O6S2/c1-4-6-16-31(5-2)20-33(24-13-11-23(12-14-24)32-30(36)22-9-7-8-10-22)25-18-27(40-3)26(39-17-15-29(34)35)19-28(25)41(37,38)21-31/h11-15,17-19,22H,4-10,16,20-21H2,1-3H3,(H,32,36)(H,34,35). The summed E-state index contributed by atoms with van der Waals surface area (Å²) in [6, 6.07) is 11.0. The molecule has 1 aliphatic carbocycles. The highest BCUT2D eigenvalue weighted by Gasteiger charge is 2.42. The lowest BCUT2D eigenvalue weighted by Gasteiger charge is -2.36. The van der Waals surface area contributed by atoms with Crippen molar-refractivity contribution in [3.63, 3.8) is 0 Å². The summed E-state index contributed by atoms with van der Waals surface area (Å²) in [5, 5.41) is 12.0. The lowest BCUT2D eigenvalue weighted by Crippen LogP contribution is -2.37. The summed E-state index contributed by atoms with van der Waals surface area (Å²) in [6.07, 6.45) is 11.2. The van der Waals surface area contributed by atoms with E-state index in [2.05, 4.69) is 24.1 Å². The molecule has 2 aromatic carbocycles. The van der Waals surface area contributed by atoms with E-state index >= 15 is 0 Å². The van der Waals surface area contributed by atoms with Gasteiger partial charge in [0.2, 0.25) is 5.91 Å². The molecule has 1 heterocycles. The summed E-state index contributed by atoms with van der Waals surface area (Å²) in [4.78, 5) is 26.6. The van der Waals surface area contributed by atoms with Gasteiger partial charge in [0.15, 0.2) is 9.84 Å². The van der Waals surface area contributed by atoms with Crippen molar-refractivity contribution in [3.05, 3.63) is 48.7 Å². The van der Waals surface area contributed by atoms with Crippen molar-refractivity contribution in [3.8, 4) is 5.75 Å². The highest BCUT2D eigenvalue weighted by Crippen LogP contribution is 2.47. The van der Waals surface area contributed by atoms with E-state index in [1.165, 1.54) is 17.8 Å². The molecular formula is C31H40N2O6S2. The van der Waals surface area contributed by atoms with Crippen LogP contribution in [0, 0.1) is 11.3 Å². The summed E-state index contributed by atoms with van der Waals surface area (Å²) in [5.41, 5.74) is 1.66. The Bertz CT molecular complexity index is 1380. The maximum absolute atomic E-state index is 14.0. The smallest absolute Gasteiger partial charge is 0.331 e. The predicted octanol–water partition coefficient (Wildman–Crippen LogP) is 7.03. The fraction of sp³-hybridized carbons (Fsp3) is 0.484. The number of hydrogen-bond donors (Lipinski definition) is 2. The van der Waals surface area contributed by atoms with Crippen LogP contribution in [0.5, 0.6) is 5.75 Å². The largest absolute Gasteiger partial charge is 0.478 e. The number of thioether (sulfide) groups is 1. The van der Waals surface area contributed by atoms with Gasteiger partial charge in [-0.3, -0.25) is 4.79 Å². The Kier molecular flexibility index (Phi) is 10.1. The number of carboxylic acids is 1. The Morgan fingerprint density at radius 2 is 1.88 bits per heavy atom. The van der Waals surface area contributed by atoms with E-state index < -0.39 is 21.2 Å². The monoisotopic (exact) mass is 600 g/mol. The fourth-order valence-electron chi connectivity index (χ4n) is 5.84.